The molecule has 0 aromatic rings. The summed E-state index contributed by atoms with van der Waals surface area (Å²) in [5.41, 5.74) is 0. The molecule has 3 heterocycles. The van der Waals surface area contributed by atoms with Crippen molar-refractivity contribution in [3.8, 4) is 0 Å². The third-order valence-corrected chi connectivity index (χ3v) is 7.48. The molecule has 3 aliphatic heterocycles. The van der Waals surface area contributed by atoms with Crippen molar-refractivity contribution in [3.05, 3.63) is 0 Å². The third-order valence-electron chi connectivity index (χ3n) is 7.16. The second-order valence-electron chi connectivity index (χ2n) is 9.97. The van der Waals surface area contributed by atoms with Gasteiger partial charge < -0.3 is 79.5 Å². The highest BCUT2D eigenvalue weighted by Crippen LogP contribution is 2.32. The molecule has 0 saturated carbocycles. The van der Waals surface area contributed by atoms with E-state index >= 15 is 0 Å². The van der Waals surface area contributed by atoms with Crippen LogP contribution in [0.25, 0.3) is 0 Å². The van der Waals surface area contributed by atoms with Crippen molar-refractivity contribution in [1.82, 2.24) is 0 Å². The first kappa shape index (κ1) is 34.2. The standard InChI is InChI=1S/C23H42O16S/c24-6-9-12(27)15(30)16(31)22(36-9)38-20-14(29)11(8-26)37-23(18(20)33)39-19-13(28)10(7-25)35-21(17(19)32)34-4-2-1-3-5-40/h9-33,40H,1-8H2/t9?,10?,11?,12-,13+,14-,15?,16?,17?,18?,19?,20?,21+,22-,23-/m1/s1. The Hall–Kier alpha value is -0.290. The maximum Gasteiger partial charge on any atom is 0.187 e. The van der Waals surface area contributed by atoms with Crippen LogP contribution in [-0.4, -0.2) is 175 Å². The van der Waals surface area contributed by atoms with Crippen LogP contribution in [0.2, 0.25) is 0 Å². The van der Waals surface area contributed by atoms with E-state index in [4.69, 9.17) is 28.4 Å². The molecule has 3 aliphatic rings. The third kappa shape index (κ3) is 7.80. The molecule has 0 bridgehead atoms. The highest BCUT2D eigenvalue weighted by atomic mass is 32.1. The van der Waals surface area contributed by atoms with Crippen LogP contribution in [-0.2, 0) is 28.4 Å². The zero-order valence-corrected chi connectivity index (χ0v) is 22.6. The van der Waals surface area contributed by atoms with Crippen LogP contribution < -0.4 is 0 Å². The summed E-state index contributed by atoms with van der Waals surface area (Å²) in [5, 5.41) is 102. The summed E-state index contributed by atoms with van der Waals surface area (Å²) in [6.07, 6.45) is -22.0. The Kier molecular flexibility index (Phi) is 13.7. The van der Waals surface area contributed by atoms with Gasteiger partial charge in [0.25, 0.3) is 0 Å². The summed E-state index contributed by atoms with van der Waals surface area (Å²) in [6.45, 7) is -2.02. The van der Waals surface area contributed by atoms with Crippen LogP contribution in [0.1, 0.15) is 19.3 Å². The molecule has 3 fully saturated rings. The monoisotopic (exact) mass is 606 g/mol. The van der Waals surface area contributed by atoms with Gasteiger partial charge in [0.15, 0.2) is 18.9 Å². The van der Waals surface area contributed by atoms with Crippen molar-refractivity contribution in [2.45, 2.75) is 111 Å². The molecule has 0 radical (unpaired) electrons. The van der Waals surface area contributed by atoms with Gasteiger partial charge in [0.2, 0.25) is 0 Å². The van der Waals surface area contributed by atoms with Gasteiger partial charge in [-0.15, -0.1) is 0 Å². The second-order valence-corrected chi connectivity index (χ2v) is 10.4. The number of hydrogen-bond acceptors (Lipinski definition) is 17. The van der Waals surface area contributed by atoms with Crippen molar-refractivity contribution in [2.75, 3.05) is 32.2 Å². The molecular weight excluding hydrogens is 564 g/mol. The van der Waals surface area contributed by atoms with Gasteiger partial charge in [-0.3, -0.25) is 0 Å². The average molecular weight is 607 g/mol. The van der Waals surface area contributed by atoms with E-state index in [0.717, 1.165) is 12.8 Å². The highest BCUT2D eigenvalue weighted by molar-refractivity contribution is 7.80. The molecule has 3 rings (SSSR count). The summed E-state index contributed by atoms with van der Waals surface area (Å²) >= 11 is 4.14. The minimum Gasteiger partial charge on any atom is -0.394 e. The molecule has 10 N–H and O–H groups in total. The largest absolute Gasteiger partial charge is 0.394 e. The quantitative estimate of drug-likeness (QED) is 0.0690. The number of hydrogen-bond donors (Lipinski definition) is 11. The van der Waals surface area contributed by atoms with Crippen LogP contribution in [0.5, 0.6) is 0 Å². The summed E-state index contributed by atoms with van der Waals surface area (Å²) in [6, 6.07) is 0. The number of rotatable bonds is 13. The van der Waals surface area contributed by atoms with Crippen molar-refractivity contribution in [1.29, 1.82) is 0 Å². The van der Waals surface area contributed by atoms with E-state index in [2.05, 4.69) is 12.6 Å². The van der Waals surface area contributed by atoms with Crippen molar-refractivity contribution < 1.29 is 79.5 Å². The fraction of sp³-hybridized carbons (Fsp3) is 1.00. The molecule has 0 aromatic heterocycles. The first-order valence-electron chi connectivity index (χ1n) is 13.2. The van der Waals surface area contributed by atoms with Crippen molar-refractivity contribution in [2.24, 2.45) is 0 Å². The van der Waals surface area contributed by atoms with Gasteiger partial charge in [0.1, 0.15) is 73.2 Å². The second kappa shape index (κ2) is 16.0. The molecule has 0 aliphatic carbocycles. The van der Waals surface area contributed by atoms with Crippen LogP contribution in [0.15, 0.2) is 0 Å². The zero-order chi connectivity index (χ0) is 29.6. The lowest BCUT2D eigenvalue weighted by molar-refractivity contribution is -0.381. The molecule has 0 amide bonds. The lowest BCUT2D eigenvalue weighted by atomic mass is 9.96. The Labute approximate surface area is 236 Å². The smallest absolute Gasteiger partial charge is 0.187 e. The fourth-order valence-electron chi connectivity index (χ4n) is 4.76. The van der Waals surface area contributed by atoms with Crippen molar-refractivity contribution in [3.63, 3.8) is 0 Å². The normalized spacial score (nSPS) is 46.4. The minimum absolute atomic E-state index is 0.187. The Morgan fingerprint density at radius 3 is 1.45 bits per heavy atom. The molecule has 16 nitrogen and oxygen atoms in total. The highest BCUT2D eigenvalue weighted by Gasteiger charge is 2.53. The number of aliphatic hydroxyl groups excluding tert-OH is 10. The first-order chi connectivity index (χ1) is 19.1. The minimum atomic E-state index is -1.89. The molecule has 0 spiro atoms. The zero-order valence-electron chi connectivity index (χ0n) is 21.7. The van der Waals surface area contributed by atoms with Gasteiger partial charge in [-0.1, -0.05) is 6.42 Å². The van der Waals surface area contributed by atoms with E-state index < -0.39 is 112 Å². The van der Waals surface area contributed by atoms with E-state index in [0.29, 0.717) is 12.2 Å². The van der Waals surface area contributed by atoms with Gasteiger partial charge in [-0.25, -0.2) is 0 Å². The van der Waals surface area contributed by atoms with Crippen LogP contribution in [0.3, 0.4) is 0 Å². The predicted octanol–water partition coefficient (Wildman–Crippen LogP) is -5.45. The van der Waals surface area contributed by atoms with Gasteiger partial charge in [-0.2, -0.15) is 12.6 Å². The lowest BCUT2D eigenvalue weighted by Crippen LogP contribution is -2.67. The Bertz CT molecular complexity index is 737. The Balaban J connectivity index is 1.74. The summed E-state index contributed by atoms with van der Waals surface area (Å²) in [4.78, 5) is 0. The van der Waals surface area contributed by atoms with Gasteiger partial charge in [0.05, 0.1) is 19.8 Å². The maximum atomic E-state index is 11.0. The number of unbranched alkanes of at least 4 members (excludes halogenated alkanes) is 2. The maximum absolute atomic E-state index is 11.0. The Morgan fingerprint density at radius 2 is 0.950 bits per heavy atom. The van der Waals surface area contributed by atoms with Gasteiger partial charge in [-0.05, 0) is 18.6 Å². The van der Waals surface area contributed by atoms with E-state index in [1.807, 2.05) is 0 Å². The Morgan fingerprint density at radius 1 is 0.500 bits per heavy atom. The van der Waals surface area contributed by atoms with Crippen LogP contribution >= 0.6 is 12.6 Å². The predicted molar refractivity (Wildman–Crippen MR) is 133 cm³/mol. The summed E-state index contributed by atoms with van der Waals surface area (Å²) in [5.74, 6) is 0.700. The van der Waals surface area contributed by atoms with E-state index in [1.165, 1.54) is 0 Å². The first-order valence-corrected chi connectivity index (χ1v) is 13.8. The molecule has 236 valence electrons. The SMILES string of the molecule is OCC1O[C@H](OC2C(O)[C@@H](OC3C(O)[C@@H](OCCCCCS)OC(CO)[C@@H]3O)OC(CO)[C@H]2O)C(O)C(O)[C@@H]1O. The molecule has 3 saturated heterocycles. The summed E-state index contributed by atoms with van der Waals surface area (Å²) in [7, 11) is 0. The molecule has 40 heavy (non-hydrogen) atoms. The number of aliphatic hydroxyl groups is 10. The molecule has 9 unspecified atom stereocenters. The number of thiol groups is 1. The van der Waals surface area contributed by atoms with E-state index in [9.17, 15) is 51.1 Å². The molecule has 0 aromatic carbocycles. The topological polar surface area (TPSA) is 258 Å². The van der Waals surface area contributed by atoms with Crippen molar-refractivity contribution >= 4 is 12.6 Å². The van der Waals surface area contributed by atoms with E-state index in [-0.39, 0.29) is 6.61 Å². The lowest BCUT2D eigenvalue weighted by Gasteiger charge is -2.48. The van der Waals surface area contributed by atoms with Crippen LogP contribution in [0.4, 0.5) is 0 Å². The summed E-state index contributed by atoms with van der Waals surface area (Å²) < 4.78 is 33.0. The molecule has 15 atom stereocenters. The number of ether oxygens (including phenoxy) is 6. The molecular formula is C23H42O16S. The average Bonchev–Trinajstić information content (AvgIpc) is 2.95. The van der Waals surface area contributed by atoms with Gasteiger partial charge in [0, 0.05) is 6.61 Å². The van der Waals surface area contributed by atoms with Crippen LogP contribution in [0, 0.1) is 0 Å². The molecule has 17 heteroatoms. The van der Waals surface area contributed by atoms with E-state index in [1.54, 1.807) is 0 Å². The fourth-order valence-corrected chi connectivity index (χ4v) is 4.98. The van der Waals surface area contributed by atoms with Gasteiger partial charge >= 0.3 is 0 Å².